The van der Waals surface area contributed by atoms with Crippen molar-refractivity contribution in [3.63, 3.8) is 0 Å². The second kappa shape index (κ2) is 8.40. The van der Waals surface area contributed by atoms with E-state index in [0.717, 1.165) is 18.4 Å². The van der Waals surface area contributed by atoms with Gasteiger partial charge in [-0.05, 0) is 38.3 Å². The van der Waals surface area contributed by atoms with Crippen LogP contribution in [-0.2, 0) is 20.7 Å². The van der Waals surface area contributed by atoms with Gasteiger partial charge in [0.1, 0.15) is 0 Å². The van der Waals surface area contributed by atoms with Gasteiger partial charge < -0.3 is 14.5 Å². The SMILES string of the molecule is CC1CN(C(=O)C2CCN(C(=O)Cc3ccccc3Cl)CC2)CC(C)O1. The number of halogens is 1. The molecule has 142 valence electrons. The van der Waals surface area contributed by atoms with Gasteiger partial charge in [0.05, 0.1) is 18.6 Å². The average Bonchev–Trinajstić information content (AvgIpc) is 2.62. The first-order valence-electron chi connectivity index (χ1n) is 9.39. The van der Waals surface area contributed by atoms with Gasteiger partial charge in [0, 0.05) is 37.1 Å². The lowest BCUT2D eigenvalue weighted by Crippen LogP contribution is -2.51. The topological polar surface area (TPSA) is 49.9 Å². The molecule has 6 heteroatoms. The molecule has 2 unspecified atom stereocenters. The molecule has 2 heterocycles. The number of piperidine rings is 1. The summed E-state index contributed by atoms with van der Waals surface area (Å²) in [5.41, 5.74) is 0.855. The Morgan fingerprint density at radius 2 is 1.69 bits per heavy atom. The van der Waals surface area contributed by atoms with Crippen molar-refractivity contribution in [2.24, 2.45) is 5.92 Å². The van der Waals surface area contributed by atoms with Crippen molar-refractivity contribution in [2.45, 2.75) is 45.3 Å². The fraction of sp³-hybridized carbons (Fsp3) is 0.600. The number of benzene rings is 1. The van der Waals surface area contributed by atoms with E-state index in [1.807, 2.05) is 41.8 Å². The average molecular weight is 379 g/mol. The maximum absolute atomic E-state index is 12.8. The number of likely N-dealkylation sites (tertiary alicyclic amines) is 1. The van der Waals surface area contributed by atoms with Crippen molar-refractivity contribution in [3.8, 4) is 0 Å². The van der Waals surface area contributed by atoms with Crippen LogP contribution < -0.4 is 0 Å². The lowest BCUT2D eigenvalue weighted by Gasteiger charge is -2.39. The smallest absolute Gasteiger partial charge is 0.227 e. The third kappa shape index (κ3) is 4.57. The van der Waals surface area contributed by atoms with Crippen LogP contribution >= 0.6 is 11.6 Å². The highest BCUT2D eigenvalue weighted by molar-refractivity contribution is 6.31. The highest BCUT2D eigenvalue weighted by Crippen LogP contribution is 2.23. The third-order valence-corrected chi connectivity index (χ3v) is 5.60. The van der Waals surface area contributed by atoms with E-state index in [9.17, 15) is 9.59 Å². The zero-order valence-electron chi connectivity index (χ0n) is 15.5. The molecule has 0 aromatic heterocycles. The maximum Gasteiger partial charge on any atom is 0.227 e. The summed E-state index contributed by atoms with van der Waals surface area (Å²) in [5, 5.41) is 0.626. The number of amides is 2. The molecule has 0 bridgehead atoms. The van der Waals surface area contributed by atoms with Gasteiger partial charge in [-0.3, -0.25) is 9.59 Å². The summed E-state index contributed by atoms with van der Waals surface area (Å²) in [6.45, 7) is 6.60. The van der Waals surface area contributed by atoms with Crippen LogP contribution in [0.15, 0.2) is 24.3 Å². The van der Waals surface area contributed by atoms with E-state index in [-0.39, 0.29) is 29.9 Å². The molecule has 0 radical (unpaired) electrons. The second-order valence-electron chi connectivity index (χ2n) is 7.42. The van der Waals surface area contributed by atoms with E-state index in [0.29, 0.717) is 37.6 Å². The minimum atomic E-state index is 0.0110. The van der Waals surface area contributed by atoms with E-state index in [4.69, 9.17) is 16.3 Å². The Balaban J connectivity index is 1.51. The summed E-state index contributed by atoms with van der Waals surface area (Å²) in [7, 11) is 0. The van der Waals surface area contributed by atoms with Crippen LogP contribution in [0.25, 0.3) is 0 Å². The number of carbonyl (C=O) groups is 2. The first kappa shape index (κ1) is 19.2. The number of hydrogen-bond acceptors (Lipinski definition) is 3. The number of morpholine rings is 1. The fourth-order valence-corrected chi connectivity index (χ4v) is 4.11. The van der Waals surface area contributed by atoms with Crippen molar-refractivity contribution >= 4 is 23.4 Å². The molecule has 0 aliphatic carbocycles. The molecular formula is C20H27ClN2O3. The van der Waals surface area contributed by atoms with Gasteiger partial charge in [0.2, 0.25) is 11.8 Å². The molecular weight excluding hydrogens is 352 g/mol. The van der Waals surface area contributed by atoms with E-state index >= 15 is 0 Å². The molecule has 1 aromatic rings. The fourth-order valence-electron chi connectivity index (χ4n) is 3.91. The number of carbonyl (C=O) groups excluding carboxylic acids is 2. The van der Waals surface area contributed by atoms with Gasteiger partial charge in [-0.25, -0.2) is 0 Å². The number of hydrogen-bond donors (Lipinski definition) is 0. The largest absolute Gasteiger partial charge is 0.372 e. The molecule has 1 aromatic carbocycles. The van der Waals surface area contributed by atoms with Gasteiger partial charge in [0.15, 0.2) is 0 Å². The zero-order valence-corrected chi connectivity index (χ0v) is 16.2. The van der Waals surface area contributed by atoms with Gasteiger partial charge in [0.25, 0.3) is 0 Å². The molecule has 2 amide bonds. The Morgan fingerprint density at radius 3 is 2.31 bits per heavy atom. The Labute approximate surface area is 160 Å². The van der Waals surface area contributed by atoms with Crippen LogP contribution in [0.1, 0.15) is 32.3 Å². The summed E-state index contributed by atoms with van der Waals surface area (Å²) < 4.78 is 5.71. The van der Waals surface area contributed by atoms with Gasteiger partial charge in [-0.2, -0.15) is 0 Å². The summed E-state index contributed by atoms with van der Waals surface area (Å²) in [5.74, 6) is 0.305. The van der Waals surface area contributed by atoms with Crippen molar-refractivity contribution in [2.75, 3.05) is 26.2 Å². The molecule has 2 aliphatic heterocycles. The molecule has 2 atom stereocenters. The quantitative estimate of drug-likeness (QED) is 0.812. The van der Waals surface area contributed by atoms with Crippen molar-refractivity contribution in [3.05, 3.63) is 34.9 Å². The molecule has 2 fully saturated rings. The Kier molecular flexibility index (Phi) is 6.20. The third-order valence-electron chi connectivity index (χ3n) is 5.23. The monoisotopic (exact) mass is 378 g/mol. The van der Waals surface area contributed by atoms with E-state index in [1.54, 1.807) is 6.07 Å². The molecule has 0 spiro atoms. The number of rotatable bonds is 3. The minimum Gasteiger partial charge on any atom is -0.372 e. The van der Waals surface area contributed by atoms with Gasteiger partial charge >= 0.3 is 0 Å². The highest BCUT2D eigenvalue weighted by atomic mass is 35.5. The first-order chi connectivity index (χ1) is 12.4. The Bertz CT molecular complexity index is 648. The normalized spacial score (nSPS) is 24.6. The lowest BCUT2D eigenvalue weighted by atomic mass is 9.94. The standard InChI is InChI=1S/C20H27ClN2O3/c1-14-12-23(13-15(2)26-14)20(25)16-7-9-22(10-8-16)19(24)11-17-5-3-4-6-18(17)21/h3-6,14-16H,7-13H2,1-2H3. The Hall–Kier alpha value is -1.59. The predicted molar refractivity (Wildman–Crippen MR) is 101 cm³/mol. The van der Waals surface area contributed by atoms with E-state index in [1.165, 1.54) is 0 Å². The van der Waals surface area contributed by atoms with Crippen molar-refractivity contribution < 1.29 is 14.3 Å². The van der Waals surface area contributed by atoms with Crippen LogP contribution in [0.5, 0.6) is 0 Å². The van der Waals surface area contributed by atoms with Gasteiger partial charge in [-0.15, -0.1) is 0 Å². The molecule has 2 saturated heterocycles. The lowest BCUT2D eigenvalue weighted by molar-refractivity contribution is -0.150. The highest BCUT2D eigenvalue weighted by Gasteiger charge is 2.33. The van der Waals surface area contributed by atoms with Crippen LogP contribution in [0.2, 0.25) is 5.02 Å². The minimum absolute atomic E-state index is 0.0110. The molecule has 5 nitrogen and oxygen atoms in total. The maximum atomic E-state index is 12.8. The van der Waals surface area contributed by atoms with Crippen LogP contribution in [0, 0.1) is 5.92 Å². The van der Waals surface area contributed by atoms with Crippen LogP contribution in [0.3, 0.4) is 0 Å². The molecule has 3 rings (SSSR count). The van der Waals surface area contributed by atoms with E-state index in [2.05, 4.69) is 0 Å². The zero-order chi connectivity index (χ0) is 18.7. The Morgan fingerprint density at radius 1 is 1.08 bits per heavy atom. The molecule has 0 N–H and O–H groups in total. The number of nitrogens with zero attached hydrogens (tertiary/aromatic N) is 2. The van der Waals surface area contributed by atoms with Crippen LogP contribution in [0.4, 0.5) is 0 Å². The summed E-state index contributed by atoms with van der Waals surface area (Å²) in [4.78, 5) is 29.1. The van der Waals surface area contributed by atoms with Crippen molar-refractivity contribution in [1.82, 2.24) is 9.80 Å². The predicted octanol–water partition coefficient (Wildman–Crippen LogP) is 2.76. The second-order valence-corrected chi connectivity index (χ2v) is 7.83. The molecule has 2 aliphatic rings. The van der Waals surface area contributed by atoms with Gasteiger partial charge in [-0.1, -0.05) is 29.8 Å². The molecule has 26 heavy (non-hydrogen) atoms. The molecule has 0 saturated carbocycles. The summed E-state index contributed by atoms with van der Waals surface area (Å²) in [6, 6.07) is 7.45. The number of ether oxygens (including phenoxy) is 1. The summed E-state index contributed by atoms with van der Waals surface area (Å²) in [6.07, 6.45) is 1.94. The van der Waals surface area contributed by atoms with Crippen molar-refractivity contribution in [1.29, 1.82) is 0 Å². The van der Waals surface area contributed by atoms with Crippen LogP contribution in [-0.4, -0.2) is 60.0 Å². The first-order valence-corrected chi connectivity index (χ1v) is 9.77. The van der Waals surface area contributed by atoms with E-state index < -0.39 is 0 Å². The summed E-state index contributed by atoms with van der Waals surface area (Å²) >= 11 is 6.15.